The van der Waals surface area contributed by atoms with Crippen LogP contribution in [0.4, 0.5) is 4.79 Å². The van der Waals surface area contributed by atoms with Gasteiger partial charge in [-0.25, -0.2) is 9.59 Å². The maximum atomic E-state index is 12.1. The van der Waals surface area contributed by atoms with Crippen LogP contribution in [0.1, 0.15) is 39.5 Å². The van der Waals surface area contributed by atoms with Gasteiger partial charge in [-0.15, -0.1) is 0 Å². The van der Waals surface area contributed by atoms with Crippen LogP contribution in [0, 0.1) is 5.92 Å². The van der Waals surface area contributed by atoms with Crippen molar-refractivity contribution in [2.24, 2.45) is 5.92 Å². The average Bonchev–Trinajstić information content (AvgIpc) is 2.86. The highest BCUT2D eigenvalue weighted by atomic mass is 16.5. The van der Waals surface area contributed by atoms with Crippen molar-refractivity contribution in [2.75, 3.05) is 19.7 Å². The van der Waals surface area contributed by atoms with E-state index in [0.29, 0.717) is 19.0 Å². The fourth-order valence-electron chi connectivity index (χ4n) is 3.09. The van der Waals surface area contributed by atoms with E-state index in [2.05, 4.69) is 12.2 Å². The molecular weight excluding hydrogens is 260 g/mol. The van der Waals surface area contributed by atoms with Crippen molar-refractivity contribution in [3.63, 3.8) is 0 Å². The van der Waals surface area contributed by atoms with Crippen LogP contribution in [0.2, 0.25) is 0 Å². The van der Waals surface area contributed by atoms with Gasteiger partial charge in [0.2, 0.25) is 0 Å². The smallest absolute Gasteiger partial charge is 0.329 e. The van der Waals surface area contributed by atoms with Crippen LogP contribution in [0.25, 0.3) is 0 Å². The summed E-state index contributed by atoms with van der Waals surface area (Å²) in [4.78, 5) is 24.2. The molecule has 1 aliphatic heterocycles. The monoisotopic (exact) mass is 284 g/mol. The second-order valence-corrected chi connectivity index (χ2v) is 6.27. The first kappa shape index (κ1) is 15.1. The third-order valence-corrected chi connectivity index (χ3v) is 4.34. The number of carboxylic acids is 1. The molecule has 0 aromatic rings. The largest absolute Gasteiger partial charge is 0.480 e. The maximum absolute atomic E-state index is 12.1. The first-order chi connectivity index (χ1) is 9.39. The molecule has 1 aliphatic carbocycles. The van der Waals surface area contributed by atoms with E-state index in [4.69, 9.17) is 9.84 Å². The fraction of sp³-hybridized carbons (Fsp3) is 0.857. The number of nitrogens with zero attached hydrogens (tertiary/aromatic N) is 1. The molecule has 1 saturated heterocycles. The Hall–Kier alpha value is -1.30. The highest BCUT2D eigenvalue weighted by Gasteiger charge is 2.43. The van der Waals surface area contributed by atoms with Gasteiger partial charge in [0.25, 0.3) is 0 Å². The second kappa shape index (κ2) is 5.99. The quantitative estimate of drug-likeness (QED) is 0.801. The standard InChI is InChI=1S/C14H24N2O4/c1-10(11-5-3-4-6-11)15-13(19)16-8-14(2,9-16)20-7-12(17)18/h10-11H,3-9H2,1-2H3,(H,15,19)(H,17,18). The summed E-state index contributed by atoms with van der Waals surface area (Å²) in [5.41, 5.74) is -0.522. The number of carboxylic acid groups (broad SMARTS) is 1. The summed E-state index contributed by atoms with van der Waals surface area (Å²) in [7, 11) is 0. The van der Waals surface area contributed by atoms with Gasteiger partial charge in [-0.1, -0.05) is 12.8 Å². The Morgan fingerprint density at radius 3 is 2.55 bits per heavy atom. The highest BCUT2D eigenvalue weighted by molar-refractivity contribution is 5.76. The van der Waals surface area contributed by atoms with Crippen LogP contribution >= 0.6 is 0 Å². The van der Waals surface area contributed by atoms with Crippen LogP contribution in [0.3, 0.4) is 0 Å². The molecule has 2 rings (SSSR count). The Balaban J connectivity index is 1.71. The molecule has 0 spiro atoms. The van der Waals surface area contributed by atoms with Crippen LogP contribution in [-0.4, -0.2) is 53.3 Å². The molecule has 0 aromatic heterocycles. The number of urea groups is 1. The summed E-state index contributed by atoms with van der Waals surface area (Å²) < 4.78 is 5.29. The van der Waals surface area contributed by atoms with Gasteiger partial charge in [-0.3, -0.25) is 0 Å². The lowest BCUT2D eigenvalue weighted by Gasteiger charge is -2.47. The Kier molecular flexibility index (Phi) is 4.52. The van der Waals surface area contributed by atoms with Crippen LogP contribution < -0.4 is 5.32 Å². The lowest BCUT2D eigenvalue weighted by atomic mass is 9.96. The van der Waals surface area contributed by atoms with Crippen molar-refractivity contribution in [2.45, 2.75) is 51.2 Å². The Morgan fingerprint density at radius 2 is 2.00 bits per heavy atom. The normalized spacial score (nSPS) is 23.2. The lowest BCUT2D eigenvalue weighted by Crippen LogP contribution is -2.66. The fourth-order valence-corrected chi connectivity index (χ4v) is 3.09. The summed E-state index contributed by atoms with van der Waals surface area (Å²) in [6, 6.07) is 0.137. The van der Waals surface area contributed by atoms with Crippen molar-refractivity contribution < 1.29 is 19.4 Å². The van der Waals surface area contributed by atoms with Crippen LogP contribution in [0.5, 0.6) is 0 Å². The third kappa shape index (κ3) is 3.62. The van der Waals surface area contributed by atoms with Gasteiger partial charge in [0.1, 0.15) is 12.2 Å². The van der Waals surface area contributed by atoms with Gasteiger partial charge in [0.05, 0.1) is 13.1 Å². The van der Waals surface area contributed by atoms with E-state index in [1.165, 1.54) is 25.7 Å². The van der Waals surface area contributed by atoms with E-state index < -0.39 is 11.6 Å². The molecule has 114 valence electrons. The van der Waals surface area contributed by atoms with Crippen LogP contribution in [0.15, 0.2) is 0 Å². The first-order valence-electron chi connectivity index (χ1n) is 7.31. The molecule has 0 aromatic carbocycles. The van der Waals surface area contributed by atoms with Gasteiger partial charge in [0, 0.05) is 6.04 Å². The zero-order valence-corrected chi connectivity index (χ0v) is 12.2. The maximum Gasteiger partial charge on any atom is 0.329 e. The molecule has 1 unspecified atom stereocenters. The molecule has 2 amide bonds. The molecule has 6 nitrogen and oxygen atoms in total. The molecule has 1 atom stereocenters. The van der Waals surface area contributed by atoms with E-state index in [1.54, 1.807) is 4.90 Å². The number of aliphatic carboxylic acids is 1. The van der Waals surface area contributed by atoms with E-state index in [-0.39, 0.29) is 18.7 Å². The van der Waals surface area contributed by atoms with E-state index in [1.807, 2.05) is 6.92 Å². The second-order valence-electron chi connectivity index (χ2n) is 6.27. The third-order valence-electron chi connectivity index (χ3n) is 4.34. The molecule has 0 bridgehead atoms. The first-order valence-corrected chi connectivity index (χ1v) is 7.31. The molecule has 20 heavy (non-hydrogen) atoms. The Bertz CT molecular complexity index is 373. The molecule has 2 fully saturated rings. The highest BCUT2D eigenvalue weighted by Crippen LogP contribution is 2.28. The zero-order chi connectivity index (χ0) is 14.8. The minimum atomic E-state index is -0.982. The number of rotatable bonds is 5. The lowest BCUT2D eigenvalue weighted by molar-refractivity contribution is -0.159. The summed E-state index contributed by atoms with van der Waals surface area (Å²) >= 11 is 0. The van der Waals surface area contributed by atoms with E-state index >= 15 is 0 Å². The van der Waals surface area contributed by atoms with Gasteiger partial charge in [-0.2, -0.15) is 0 Å². The predicted molar refractivity (Wildman–Crippen MR) is 73.5 cm³/mol. The Labute approximate surface area is 119 Å². The van der Waals surface area contributed by atoms with Gasteiger partial charge in [-0.05, 0) is 32.6 Å². The minimum Gasteiger partial charge on any atom is -0.480 e. The molecule has 0 radical (unpaired) electrons. The van der Waals surface area contributed by atoms with E-state index in [9.17, 15) is 9.59 Å². The van der Waals surface area contributed by atoms with Gasteiger partial charge >= 0.3 is 12.0 Å². The number of likely N-dealkylation sites (tertiary alicyclic amines) is 1. The van der Waals surface area contributed by atoms with Crippen molar-refractivity contribution >= 4 is 12.0 Å². The zero-order valence-electron chi connectivity index (χ0n) is 12.2. The molecule has 1 saturated carbocycles. The summed E-state index contributed by atoms with van der Waals surface area (Å²) in [6.45, 7) is 4.48. The number of amides is 2. The molecular formula is C14H24N2O4. The SMILES string of the molecule is CC(NC(=O)N1CC(C)(OCC(=O)O)C1)C1CCCC1. The number of hydrogen-bond donors (Lipinski definition) is 2. The number of carbonyl (C=O) groups excluding carboxylic acids is 1. The number of ether oxygens (including phenoxy) is 1. The summed E-state index contributed by atoms with van der Waals surface area (Å²) in [6.07, 6.45) is 4.91. The van der Waals surface area contributed by atoms with Crippen molar-refractivity contribution in [3.8, 4) is 0 Å². The average molecular weight is 284 g/mol. The number of hydrogen-bond acceptors (Lipinski definition) is 3. The molecule has 1 heterocycles. The summed E-state index contributed by atoms with van der Waals surface area (Å²) in [5, 5.41) is 11.6. The topological polar surface area (TPSA) is 78.9 Å². The minimum absolute atomic E-state index is 0.0687. The van der Waals surface area contributed by atoms with Gasteiger partial charge < -0.3 is 20.1 Å². The number of carbonyl (C=O) groups is 2. The molecule has 6 heteroatoms. The molecule has 2 aliphatic rings. The predicted octanol–water partition coefficient (Wildman–Crippen LogP) is 1.45. The van der Waals surface area contributed by atoms with Gasteiger partial charge in [0.15, 0.2) is 0 Å². The van der Waals surface area contributed by atoms with Crippen molar-refractivity contribution in [3.05, 3.63) is 0 Å². The van der Waals surface area contributed by atoms with E-state index in [0.717, 1.165) is 0 Å². The molecule has 2 N–H and O–H groups in total. The number of nitrogens with one attached hydrogen (secondary N) is 1. The summed E-state index contributed by atoms with van der Waals surface area (Å²) in [5.74, 6) is -0.390. The van der Waals surface area contributed by atoms with Crippen molar-refractivity contribution in [1.82, 2.24) is 10.2 Å². The Morgan fingerprint density at radius 1 is 1.40 bits per heavy atom. The van der Waals surface area contributed by atoms with Crippen molar-refractivity contribution in [1.29, 1.82) is 0 Å². The van der Waals surface area contributed by atoms with Crippen LogP contribution in [-0.2, 0) is 9.53 Å².